The van der Waals surface area contributed by atoms with Gasteiger partial charge >= 0.3 is 0 Å². The Hall–Kier alpha value is -2.65. The Labute approximate surface area is 172 Å². The molecule has 0 bridgehead atoms. The summed E-state index contributed by atoms with van der Waals surface area (Å²) in [5.41, 5.74) is 0.495. The number of carbonyl (C=O) groups excluding carboxylic acids is 1. The molecule has 1 N–H and O–H groups in total. The van der Waals surface area contributed by atoms with E-state index in [2.05, 4.69) is 15.5 Å². The number of aromatic nitrogens is 3. The fourth-order valence-electron chi connectivity index (χ4n) is 2.77. The highest BCUT2D eigenvalue weighted by Gasteiger charge is 2.20. The lowest BCUT2D eigenvalue weighted by molar-refractivity contribution is -0.115. The second-order valence-electron chi connectivity index (χ2n) is 6.49. The third kappa shape index (κ3) is 5.24. The van der Waals surface area contributed by atoms with E-state index >= 15 is 0 Å². The lowest BCUT2D eigenvalue weighted by Crippen LogP contribution is -2.27. The lowest BCUT2D eigenvalue weighted by Gasteiger charge is -2.16. The van der Waals surface area contributed by atoms with Crippen LogP contribution in [0.4, 0.5) is 5.82 Å². The van der Waals surface area contributed by atoms with Gasteiger partial charge in [-0.05, 0) is 39.3 Å². The number of ether oxygens (including phenoxy) is 1. The molecule has 1 atom stereocenters. The molecule has 154 valence electrons. The van der Waals surface area contributed by atoms with Gasteiger partial charge in [0.15, 0.2) is 11.0 Å². The van der Waals surface area contributed by atoms with Crippen LogP contribution in [-0.4, -0.2) is 39.1 Å². The SMILES string of the molecule is CCOCCCn1c(S[C@@H](C)C(=O)Nc2cc(C)on2)nc2ccccc2c1=O. The van der Waals surface area contributed by atoms with Gasteiger partial charge in [0.05, 0.1) is 16.2 Å². The number of fused-ring (bicyclic) bond motifs is 1. The summed E-state index contributed by atoms with van der Waals surface area (Å²) < 4.78 is 12.0. The minimum absolute atomic E-state index is 0.116. The first kappa shape index (κ1) is 21.1. The molecule has 0 aliphatic heterocycles. The van der Waals surface area contributed by atoms with E-state index in [-0.39, 0.29) is 11.5 Å². The first-order chi connectivity index (χ1) is 14.0. The summed E-state index contributed by atoms with van der Waals surface area (Å²) in [5.74, 6) is 0.729. The molecule has 29 heavy (non-hydrogen) atoms. The van der Waals surface area contributed by atoms with Crippen LogP contribution < -0.4 is 10.9 Å². The number of para-hydroxylation sites is 1. The van der Waals surface area contributed by atoms with Gasteiger partial charge in [0.1, 0.15) is 5.76 Å². The topological polar surface area (TPSA) is 99.2 Å². The molecule has 0 saturated carbocycles. The first-order valence-electron chi connectivity index (χ1n) is 9.47. The highest BCUT2D eigenvalue weighted by atomic mass is 32.2. The Morgan fingerprint density at radius 3 is 2.90 bits per heavy atom. The van der Waals surface area contributed by atoms with E-state index in [0.717, 1.165) is 0 Å². The molecule has 0 unspecified atom stereocenters. The summed E-state index contributed by atoms with van der Waals surface area (Å²) in [5, 5.41) is 7.06. The molecule has 0 radical (unpaired) electrons. The summed E-state index contributed by atoms with van der Waals surface area (Å²) in [4.78, 5) is 30.2. The molecule has 8 nitrogen and oxygen atoms in total. The number of nitrogens with zero attached hydrogens (tertiary/aromatic N) is 3. The first-order valence-corrected chi connectivity index (χ1v) is 10.4. The maximum Gasteiger partial charge on any atom is 0.262 e. The molecule has 9 heteroatoms. The van der Waals surface area contributed by atoms with Crippen molar-refractivity contribution in [2.45, 2.75) is 44.1 Å². The van der Waals surface area contributed by atoms with Crippen molar-refractivity contribution in [2.75, 3.05) is 18.5 Å². The van der Waals surface area contributed by atoms with Crippen molar-refractivity contribution < 1.29 is 14.1 Å². The monoisotopic (exact) mass is 416 g/mol. The Kier molecular flexibility index (Phi) is 7.05. The van der Waals surface area contributed by atoms with Crippen molar-refractivity contribution in [1.29, 1.82) is 0 Å². The van der Waals surface area contributed by atoms with Gasteiger partial charge in [-0.15, -0.1) is 0 Å². The highest BCUT2D eigenvalue weighted by molar-refractivity contribution is 8.00. The third-order valence-electron chi connectivity index (χ3n) is 4.23. The molecular formula is C20H24N4O4S. The van der Waals surface area contributed by atoms with Gasteiger partial charge in [-0.2, -0.15) is 0 Å². The molecule has 0 saturated heterocycles. The normalized spacial score (nSPS) is 12.2. The molecule has 0 spiro atoms. The Morgan fingerprint density at radius 2 is 2.17 bits per heavy atom. The van der Waals surface area contributed by atoms with Crippen LogP contribution in [-0.2, 0) is 16.1 Å². The maximum absolute atomic E-state index is 13.0. The van der Waals surface area contributed by atoms with Crippen LogP contribution in [0.2, 0.25) is 0 Å². The van der Waals surface area contributed by atoms with E-state index in [4.69, 9.17) is 9.26 Å². The van der Waals surface area contributed by atoms with Crippen LogP contribution in [0.5, 0.6) is 0 Å². The van der Waals surface area contributed by atoms with Crippen LogP contribution in [0.15, 0.2) is 44.8 Å². The Bertz CT molecular complexity index is 1050. The number of carbonyl (C=O) groups is 1. The summed E-state index contributed by atoms with van der Waals surface area (Å²) in [6.45, 7) is 7.10. The predicted molar refractivity (Wildman–Crippen MR) is 112 cm³/mol. The average Bonchev–Trinajstić information content (AvgIpc) is 3.11. The summed E-state index contributed by atoms with van der Waals surface area (Å²) in [7, 11) is 0. The molecule has 0 aliphatic carbocycles. The highest BCUT2D eigenvalue weighted by Crippen LogP contribution is 2.24. The van der Waals surface area contributed by atoms with E-state index in [1.54, 1.807) is 36.6 Å². The largest absolute Gasteiger partial charge is 0.382 e. The fourth-order valence-corrected chi connectivity index (χ4v) is 3.70. The molecule has 0 aliphatic rings. The smallest absolute Gasteiger partial charge is 0.262 e. The molecule has 2 heterocycles. The zero-order valence-corrected chi connectivity index (χ0v) is 17.5. The van der Waals surface area contributed by atoms with Crippen molar-refractivity contribution in [2.24, 2.45) is 0 Å². The van der Waals surface area contributed by atoms with Crippen molar-refractivity contribution in [3.8, 4) is 0 Å². The van der Waals surface area contributed by atoms with Gasteiger partial charge < -0.3 is 14.6 Å². The summed E-state index contributed by atoms with van der Waals surface area (Å²) >= 11 is 1.24. The van der Waals surface area contributed by atoms with Gasteiger partial charge in [-0.25, -0.2) is 4.98 Å². The number of hydrogen-bond acceptors (Lipinski definition) is 7. The van der Waals surface area contributed by atoms with Crippen LogP contribution in [0.1, 0.15) is 26.0 Å². The predicted octanol–water partition coefficient (Wildman–Crippen LogP) is 3.24. The van der Waals surface area contributed by atoms with Crippen LogP contribution in [0, 0.1) is 6.92 Å². The minimum Gasteiger partial charge on any atom is -0.382 e. The van der Waals surface area contributed by atoms with E-state index in [0.29, 0.717) is 53.8 Å². The van der Waals surface area contributed by atoms with Gasteiger partial charge in [0.25, 0.3) is 5.56 Å². The molecule has 1 amide bonds. The minimum atomic E-state index is -0.488. The standard InChI is InChI=1S/C20H24N4O4S/c1-4-27-11-7-10-24-19(26)15-8-5-6-9-16(15)21-20(24)29-14(3)18(25)22-17-12-13(2)28-23-17/h5-6,8-9,12,14H,4,7,10-11H2,1-3H3,(H,22,23,25)/t14-/m0/s1. The quantitative estimate of drug-likeness (QED) is 0.325. The Balaban J connectivity index is 1.83. The van der Waals surface area contributed by atoms with Gasteiger partial charge in [-0.1, -0.05) is 29.1 Å². The van der Waals surface area contributed by atoms with Crippen molar-refractivity contribution >= 4 is 34.4 Å². The second kappa shape index (κ2) is 9.71. The number of hydrogen-bond donors (Lipinski definition) is 1. The number of thioether (sulfide) groups is 1. The second-order valence-corrected chi connectivity index (χ2v) is 7.80. The number of aryl methyl sites for hydroxylation is 1. The molecule has 1 aromatic carbocycles. The number of rotatable bonds is 9. The van der Waals surface area contributed by atoms with Gasteiger partial charge in [-0.3, -0.25) is 14.2 Å². The summed E-state index contributed by atoms with van der Waals surface area (Å²) in [6, 6.07) is 8.87. The zero-order chi connectivity index (χ0) is 20.8. The van der Waals surface area contributed by atoms with E-state index in [9.17, 15) is 9.59 Å². The average molecular weight is 417 g/mol. The third-order valence-corrected chi connectivity index (χ3v) is 5.32. The van der Waals surface area contributed by atoms with Gasteiger partial charge in [0.2, 0.25) is 5.91 Å². The van der Waals surface area contributed by atoms with E-state index in [1.807, 2.05) is 19.1 Å². The fraction of sp³-hybridized carbons (Fsp3) is 0.400. The lowest BCUT2D eigenvalue weighted by atomic mass is 10.2. The van der Waals surface area contributed by atoms with E-state index < -0.39 is 5.25 Å². The molecule has 0 fully saturated rings. The molecule has 2 aromatic heterocycles. The summed E-state index contributed by atoms with van der Waals surface area (Å²) in [6.07, 6.45) is 0.681. The number of nitrogens with one attached hydrogen (secondary N) is 1. The van der Waals surface area contributed by atoms with Crippen molar-refractivity contribution in [1.82, 2.24) is 14.7 Å². The van der Waals surface area contributed by atoms with Crippen LogP contribution in [0.3, 0.4) is 0 Å². The van der Waals surface area contributed by atoms with E-state index in [1.165, 1.54) is 11.8 Å². The maximum atomic E-state index is 13.0. The van der Waals surface area contributed by atoms with Crippen molar-refractivity contribution in [3.63, 3.8) is 0 Å². The van der Waals surface area contributed by atoms with Crippen molar-refractivity contribution in [3.05, 3.63) is 46.4 Å². The molecule has 3 aromatic rings. The zero-order valence-electron chi connectivity index (χ0n) is 16.7. The van der Waals surface area contributed by atoms with Crippen LogP contribution in [0.25, 0.3) is 10.9 Å². The number of anilines is 1. The number of amides is 1. The Morgan fingerprint density at radius 1 is 1.38 bits per heavy atom. The van der Waals surface area contributed by atoms with Gasteiger partial charge in [0, 0.05) is 25.8 Å². The molecular weight excluding hydrogens is 392 g/mol. The number of benzene rings is 1. The molecule has 3 rings (SSSR count). The van der Waals surface area contributed by atoms with Crippen LogP contribution >= 0.6 is 11.8 Å².